The van der Waals surface area contributed by atoms with Gasteiger partial charge in [-0.25, -0.2) is 4.79 Å². The lowest BCUT2D eigenvalue weighted by Crippen LogP contribution is -2.22. The third-order valence-corrected chi connectivity index (χ3v) is 1.88. The first-order valence-corrected chi connectivity index (χ1v) is 5.46. The maximum absolute atomic E-state index is 11.0. The number of carbonyl (C=O) groups is 1. The van der Waals surface area contributed by atoms with Gasteiger partial charge in [-0.1, -0.05) is 13.5 Å². The summed E-state index contributed by atoms with van der Waals surface area (Å²) in [6, 6.07) is 0. The molecule has 0 saturated carbocycles. The molecule has 0 spiro atoms. The number of hydrogen-bond donors (Lipinski definition) is 1. The Bertz CT molecular complexity index is 238. The van der Waals surface area contributed by atoms with Gasteiger partial charge in [0.1, 0.15) is 6.10 Å². The molecule has 14 heavy (non-hydrogen) atoms. The van der Waals surface area contributed by atoms with Crippen molar-refractivity contribution in [3.05, 3.63) is 12.2 Å². The average molecular weight is 222 g/mol. The SMILES string of the molecule is C=C(C)C(=O)OC(CC)CO[PH](=O)O. The molecule has 0 fully saturated rings. The van der Waals surface area contributed by atoms with Crippen LogP contribution < -0.4 is 0 Å². The monoisotopic (exact) mass is 222 g/mol. The zero-order chi connectivity index (χ0) is 11.1. The third kappa shape index (κ3) is 5.91. The normalized spacial score (nSPS) is 14.5. The Morgan fingerprint density at radius 2 is 2.21 bits per heavy atom. The van der Waals surface area contributed by atoms with Crippen LogP contribution in [0.3, 0.4) is 0 Å². The molecule has 2 unspecified atom stereocenters. The first kappa shape index (κ1) is 13.4. The first-order chi connectivity index (χ1) is 6.47. The summed E-state index contributed by atoms with van der Waals surface area (Å²) in [7, 11) is -2.96. The van der Waals surface area contributed by atoms with Gasteiger partial charge < -0.3 is 14.2 Å². The van der Waals surface area contributed by atoms with Crippen LogP contribution in [0.15, 0.2) is 12.2 Å². The van der Waals surface area contributed by atoms with Crippen LogP contribution in [0.4, 0.5) is 0 Å². The highest BCUT2D eigenvalue weighted by Gasteiger charge is 2.13. The Kier molecular flexibility index (Phi) is 6.45. The van der Waals surface area contributed by atoms with E-state index in [0.29, 0.717) is 12.0 Å². The zero-order valence-corrected chi connectivity index (χ0v) is 9.28. The average Bonchev–Trinajstić information content (AvgIpc) is 2.11. The molecular weight excluding hydrogens is 207 g/mol. The maximum atomic E-state index is 11.0. The number of rotatable bonds is 6. The van der Waals surface area contributed by atoms with Gasteiger partial charge in [-0.2, -0.15) is 0 Å². The fourth-order valence-electron chi connectivity index (χ4n) is 0.651. The Balaban J connectivity index is 3.96. The number of ether oxygens (including phenoxy) is 1. The lowest BCUT2D eigenvalue weighted by atomic mass is 10.3. The van der Waals surface area contributed by atoms with Crippen molar-refractivity contribution in [2.75, 3.05) is 6.61 Å². The molecule has 0 aliphatic carbocycles. The minimum Gasteiger partial charge on any atom is -0.457 e. The second kappa shape index (κ2) is 6.76. The van der Waals surface area contributed by atoms with E-state index < -0.39 is 20.3 Å². The highest BCUT2D eigenvalue weighted by atomic mass is 31.1. The molecule has 0 radical (unpaired) electrons. The van der Waals surface area contributed by atoms with E-state index in [1.165, 1.54) is 6.92 Å². The van der Waals surface area contributed by atoms with Gasteiger partial charge in [0.15, 0.2) is 0 Å². The predicted octanol–water partition coefficient (Wildman–Crippen LogP) is 1.28. The molecule has 0 aromatic carbocycles. The number of esters is 1. The van der Waals surface area contributed by atoms with Crippen LogP contribution in [0.25, 0.3) is 0 Å². The summed E-state index contributed by atoms with van der Waals surface area (Å²) in [6.45, 7) is 6.67. The fraction of sp³-hybridized carbons (Fsp3) is 0.625. The Hall–Kier alpha value is -0.640. The smallest absolute Gasteiger partial charge is 0.333 e. The second-order valence-electron chi connectivity index (χ2n) is 2.79. The molecule has 0 aliphatic rings. The standard InChI is InChI=1S/C8H15O5P/c1-4-7(5-12-14(10)11)13-8(9)6(2)3/h7,14H,2,4-5H2,1,3H3,(H,10,11). The topological polar surface area (TPSA) is 72.8 Å². The van der Waals surface area contributed by atoms with Gasteiger partial charge in [0, 0.05) is 5.57 Å². The molecule has 5 nitrogen and oxygen atoms in total. The lowest BCUT2D eigenvalue weighted by molar-refractivity contribution is -0.145. The molecule has 1 N–H and O–H groups in total. The van der Waals surface area contributed by atoms with E-state index in [9.17, 15) is 9.36 Å². The van der Waals surface area contributed by atoms with Crippen LogP contribution >= 0.6 is 8.25 Å². The van der Waals surface area contributed by atoms with E-state index in [1.54, 1.807) is 6.92 Å². The Morgan fingerprint density at radius 1 is 1.64 bits per heavy atom. The highest BCUT2D eigenvalue weighted by Crippen LogP contribution is 2.16. The molecule has 6 heteroatoms. The summed E-state index contributed by atoms with van der Waals surface area (Å²) >= 11 is 0. The van der Waals surface area contributed by atoms with Crippen molar-refractivity contribution >= 4 is 14.2 Å². The van der Waals surface area contributed by atoms with Crippen molar-refractivity contribution in [2.45, 2.75) is 26.4 Å². The molecule has 0 heterocycles. The third-order valence-electron chi connectivity index (χ3n) is 1.47. The van der Waals surface area contributed by atoms with E-state index in [-0.39, 0.29) is 6.61 Å². The van der Waals surface area contributed by atoms with E-state index >= 15 is 0 Å². The molecule has 0 saturated heterocycles. The van der Waals surface area contributed by atoms with Crippen molar-refractivity contribution in [3.8, 4) is 0 Å². The molecule has 0 amide bonds. The number of hydrogen-bond acceptors (Lipinski definition) is 4. The Labute approximate surface area is 83.7 Å². The van der Waals surface area contributed by atoms with Crippen molar-refractivity contribution in [1.82, 2.24) is 0 Å². The maximum Gasteiger partial charge on any atom is 0.333 e. The largest absolute Gasteiger partial charge is 0.457 e. The van der Waals surface area contributed by atoms with Gasteiger partial charge in [0.2, 0.25) is 0 Å². The second-order valence-corrected chi connectivity index (χ2v) is 3.61. The van der Waals surface area contributed by atoms with E-state index in [0.717, 1.165) is 0 Å². The summed E-state index contributed by atoms with van der Waals surface area (Å²) in [5.74, 6) is -0.516. The van der Waals surface area contributed by atoms with Crippen LogP contribution in [-0.2, 0) is 18.6 Å². The molecule has 0 rings (SSSR count). The summed E-state index contributed by atoms with van der Waals surface area (Å²) in [6.07, 6.45) is 0.0223. The predicted molar refractivity (Wildman–Crippen MR) is 52.2 cm³/mol. The van der Waals surface area contributed by atoms with Crippen LogP contribution in [0, 0.1) is 0 Å². The van der Waals surface area contributed by atoms with Gasteiger partial charge in [-0.3, -0.25) is 4.57 Å². The zero-order valence-electron chi connectivity index (χ0n) is 8.28. The molecule has 0 aliphatic heterocycles. The van der Waals surface area contributed by atoms with Gasteiger partial charge in [0.05, 0.1) is 6.61 Å². The van der Waals surface area contributed by atoms with Crippen LogP contribution in [0.1, 0.15) is 20.3 Å². The minimum absolute atomic E-state index is 0.0657. The van der Waals surface area contributed by atoms with Gasteiger partial charge >= 0.3 is 14.2 Å². The van der Waals surface area contributed by atoms with Crippen LogP contribution in [0.2, 0.25) is 0 Å². The first-order valence-electron chi connectivity index (χ1n) is 4.19. The number of carbonyl (C=O) groups excluding carboxylic acids is 1. The van der Waals surface area contributed by atoms with Crippen molar-refractivity contribution in [2.24, 2.45) is 0 Å². The molecule has 82 valence electrons. The molecule has 0 aromatic rings. The van der Waals surface area contributed by atoms with E-state index in [1.807, 2.05) is 0 Å². The van der Waals surface area contributed by atoms with Gasteiger partial charge in [0.25, 0.3) is 0 Å². The molecule has 0 aromatic heterocycles. The summed E-state index contributed by atoms with van der Waals surface area (Å²) in [5.41, 5.74) is 0.292. The minimum atomic E-state index is -2.96. The fourth-order valence-corrected chi connectivity index (χ4v) is 0.980. The lowest BCUT2D eigenvalue weighted by Gasteiger charge is -2.15. The van der Waals surface area contributed by atoms with E-state index in [4.69, 9.17) is 9.63 Å². The molecule has 2 atom stereocenters. The van der Waals surface area contributed by atoms with Crippen molar-refractivity contribution in [1.29, 1.82) is 0 Å². The van der Waals surface area contributed by atoms with Gasteiger partial charge in [-0.05, 0) is 13.3 Å². The van der Waals surface area contributed by atoms with Crippen molar-refractivity contribution < 1.29 is 23.5 Å². The summed E-state index contributed by atoms with van der Waals surface area (Å²) in [4.78, 5) is 19.5. The Morgan fingerprint density at radius 3 is 2.57 bits per heavy atom. The summed E-state index contributed by atoms with van der Waals surface area (Å²) < 4.78 is 19.6. The summed E-state index contributed by atoms with van der Waals surface area (Å²) in [5, 5.41) is 0. The van der Waals surface area contributed by atoms with E-state index in [2.05, 4.69) is 11.1 Å². The van der Waals surface area contributed by atoms with Crippen LogP contribution in [0.5, 0.6) is 0 Å². The highest BCUT2D eigenvalue weighted by molar-refractivity contribution is 7.32. The van der Waals surface area contributed by atoms with Crippen molar-refractivity contribution in [3.63, 3.8) is 0 Å². The van der Waals surface area contributed by atoms with Crippen LogP contribution in [-0.4, -0.2) is 23.6 Å². The quantitative estimate of drug-likeness (QED) is 0.416. The molecule has 0 bridgehead atoms. The molecular formula is C8H15O5P. The van der Waals surface area contributed by atoms with Gasteiger partial charge in [-0.15, -0.1) is 0 Å².